The summed E-state index contributed by atoms with van der Waals surface area (Å²) in [5.74, 6) is 0. The summed E-state index contributed by atoms with van der Waals surface area (Å²) in [6.45, 7) is 5.56. The zero-order valence-corrected chi connectivity index (χ0v) is 10.5. The van der Waals surface area contributed by atoms with Crippen molar-refractivity contribution in [2.45, 2.75) is 13.0 Å². The molecule has 0 aliphatic carbocycles. The van der Waals surface area contributed by atoms with E-state index < -0.39 is 0 Å². The van der Waals surface area contributed by atoms with E-state index in [9.17, 15) is 0 Å². The first kappa shape index (κ1) is 10.2. The van der Waals surface area contributed by atoms with E-state index in [1.165, 1.54) is 9.26 Å². The zero-order valence-electron chi connectivity index (χ0n) is 8.33. The van der Waals surface area contributed by atoms with Crippen LogP contribution >= 0.6 is 22.6 Å². The Morgan fingerprint density at radius 3 is 3.07 bits per heavy atom. The normalized spacial score (nSPS) is 22.4. The molecule has 1 heterocycles. The Hall–Kier alpha value is -0.290. The number of nitrogens with one attached hydrogen (secondary N) is 1. The van der Waals surface area contributed by atoms with Crippen molar-refractivity contribution in [3.8, 4) is 0 Å². The van der Waals surface area contributed by atoms with Crippen molar-refractivity contribution in [2.75, 3.05) is 24.5 Å². The summed E-state index contributed by atoms with van der Waals surface area (Å²) in [6.07, 6.45) is 0. The van der Waals surface area contributed by atoms with Crippen molar-refractivity contribution < 1.29 is 0 Å². The number of piperazine rings is 1. The third-order valence-corrected chi connectivity index (χ3v) is 3.31. The van der Waals surface area contributed by atoms with E-state index in [4.69, 9.17) is 0 Å². The molecule has 1 aromatic rings. The van der Waals surface area contributed by atoms with Crippen LogP contribution in [-0.2, 0) is 0 Å². The number of nitrogens with zero attached hydrogens (tertiary/aromatic N) is 1. The second-order valence-electron chi connectivity index (χ2n) is 3.73. The summed E-state index contributed by atoms with van der Waals surface area (Å²) in [5.41, 5.74) is 1.35. The number of hydrogen-bond acceptors (Lipinski definition) is 2. The minimum absolute atomic E-state index is 0.599. The van der Waals surface area contributed by atoms with Gasteiger partial charge in [-0.2, -0.15) is 0 Å². The Morgan fingerprint density at radius 1 is 1.50 bits per heavy atom. The van der Waals surface area contributed by atoms with E-state index in [1.807, 2.05) is 0 Å². The molecule has 76 valence electrons. The molecule has 1 aliphatic heterocycles. The Bertz CT molecular complexity index is 314. The van der Waals surface area contributed by atoms with E-state index in [0.717, 1.165) is 19.6 Å². The topological polar surface area (TPSA) is 15.3 Å². The molecule has 0 spiro atoms. The average Bonchev–Trinajstić information content (AvgIpc) is 2.18. The van der Waals surface area contributed by atoms with Gasteiger partial charge in [0.25, 0.3) is 0 Å². The van der Waals surface area contributed by atoms with Crippen LogP contribution in [0.3, 0.4) is 0 Å². The minimum Gasteiger partial charge on any atom is -0.366 e. The van der Waals surface area contributed by atoms with E-state index >= 15 is 0 Å². The third-order valence-electron chi connectivity index (χ3n) is 2.64. The summed E-state index contributed by atoms with van der Waals surface area (Å²) < 4.78 is 1.31. The fourth-order valence-electron chi connectivity index (χ4n) is 1.88. The standard InChI is InChI=1S/C11H15IN2/c1-9-8-13-5-6-14(9)11-4-2-3-10(12)7-11/h2-4,7,9,13H,5-6,8H2,1H3. The molecule has 1 atom stereocenters. The predicted octanol–water partition coefficient (Wildman–Crippen LogP) is 2.09. The quantitative estimate of drug-likeness (QED) is 0.799. The third kappa shape index (κ3) is 2.20. The number of benzene rings is 1. The predicted molar refractivity (Wildman–Crippen MR) is 68.8 cm³/mol. The van der Waals surface area contributed by atoms with Crippen molar-refractivity contribution in [2.24, 2.45) is 0 Å². The highest BCUT2D eigenvalue weighted by Gasteiger charge is 2.17. The van der Waals surface area contributed by atoms with E-state index in [2.05, 4.69) is 64.0 Å². The van der Waals surface area contributed by atoms with Gasteiger partial charge >= 0.3 is 0 Å². The minimum atomic E-state index is 0.599. The van der Waals surface area contributed by atoms with Gasteiger partial charge in [0.1, 0.15) is 0 Å². The van der Waals surface area contributed by atoms with Crippen molar-refractivity contribution in [3.05, 3.63) is 27.8 Å². The average molecular weight is 302 g/mol. The smallest absolute Gasteiger partial charge is 0.0386 e. The van der Waals surface area contributed by atoms with Crippen molar-refractivity contribution in [1.29, 1.82) is 0 Å². The van der Waals surface area contributed by atoms with E-state index in [1.54, 1.807) is 0 Å². The van der Waals surface area contributed by atoms with E-state index in [0.29, 0.717) is 6.04 Å². The molecule has 2 nitrogen and oxygen atoms in total. The Kier molecular flexibility index (Phi) is 3.28. The molecule has 3 heteroatoms. The maximum absolute atomic E-state index is 3.41. The highest BCUT2D eigenvalue weighted by Crippen LogP contribution is 2.20. The second kappa shape index (κ2) is 4.49. The Morgan fingerprint density at radius 2 is 2.36 bits per heavy atom. The summed E-state index contributed by atoms with van der Waals surface area (Å²) in [6, 6.07) is 9.32. The van der Waals surface area contributed by atoms with Gasteiger partial charge in [-0.05, 0) is 47.7 Å². The van der Waals surface area contributed by atoms with Crippen LogP contribution in [-0.4, -0.2) is 25.7 Å². The summed E-state index contributed by atoms with van der Waals surface area (Å²) in [7, 11) is 0. The molecule has 1 fully saturated rings. The van der Waals surface area contributed by atoms with Crippen molar-refractivity contribution >= 4 is 28.3 Å². The van der Waals surface area contributed by atoms with Crippen LogP contribution in [0, 0.1) is 3.57 Å². The lowest BCUT2D eigenvalue weighted by Crippen LogP contribution is -2.49. The molecular weight excluding hydrogens is 287 g/mol. The molecule has 0 aromatic heterocycles. The first-order valence-electron chi connectivity index (χ1n) is 5.00. The van der Waals surface area contributed by atoms with Gasteiger partial charge in [-0.25, -0.2) is 0 Å². The first-order valence-corrected chi connectivity index (χ1v) is 6.08. The van der Waals surface area contributed by atoms with Crippen LogP contribution in [0.25, 0.3) is 0 Å². The van der Waals surface area contributed by atoms with Gasteiger partial charge in [0, 0.05) is 34.9 Å². The number of halogens is 1. The van der Waals surface area contributed by atoms with Crippen LogP contribution in [0.2, 0.25) is 0 Å². The molecule has 1 N–H and O–H groups in total. The zero-order chi connectivity index (χ0) is 9.97. The Labute approximate surface area is 98.8 Å². The fraction of sp³-hybridized carbons (Fsp3) is 0.455. The van der Waals surface area contributed by atoms with Gasteiger partial charge in [-0.15, -0.1) is 0 Å². The van der Waals surface area contributed by atoms with Crippen molar-refractivity contribution in [1.82, 2.24) is 5.32 Å². The molecule has 0 amide bonds. The van der Waals surface area contributed by atoms with Gasteiger partial charge in [0.15, 0.2) is 0 Å². The van der Waals surface area contributed by atoms with Crippen LogP contribution in [0.4, 0.5) is 5.69 Å². The molecule has 1 aromatic carbocycles. The van der Waals surface area contributed by atoms with Gasteiger partial charge in [0.2, 0.25) is 0 Å². The van der Waals surface area contributed by atoms with Gasteiger partial charge in [-0.3, -0.25) is 0 Å². The molecule has 1 saturated heterocycles. The van der Waals surface area contributed by atoms with Gasteiger partial charge < -0.3 is 10.2 Å². The highest BCUT2D eigenvalue weighted by atomic mass is 127. The van der Waals surface area contributed by atoms with Gasteiger partial charge in [-0.1, -0.05) is 6.07 Å². The van der Waals surface area contributed by atoms with Crippen LogP contribution < -0.4 is 10.2 Å². The monoisotopic (exact) mass is 302 g/mol. The lowest BCUT2D eigenvalue weighted by Gasteiger charge is -2.36. The van der Waals surface area contributed by atoms with Crippen LogP contribution in [0.1, 0.15) is 6.92 Å². The molecule has 14 heavy (non-hydrogen) atoms. The molecule has 2 rings (SSSR count). The SMILES string of the molecule is CC1CNCCN1c1cccc(I)c1. The second-order valence-corrected chi connectivity index (χ2v) is 4.97. The molecule has 0 radical (unpaired) electrons. The molecule has 1 aliphatic rings. The first-order chi connectivity index (χ1) is 6.77. The summed E-state index contributed by atoms with van der Waals surface area (Å²) in [5, 5.41) is 3.41. The summed E-state index contributed by atoms with van der Waals surface area (Å²) in [4.78, 5) is 2.47. The van der Waals surface area contributed by atoms with Crippen molar-refractivity contribution in [3.63, 3.8) is 0 Å². The van der Waals surface area contributed by atoms with Crippen LogP contribution in [0.5, 0.6) is 0 Å². The molecular formula is C11H15IN2. The molecule has 0 bridgehead atoms. The lowest BCUT2D eigenvalue weighted by molar-refractivity contribution is 0.501. The number of anilines is 1. The molecule has 1 unspecified atom stereocenters. The van der Waals surface area contributed by atoms with E-state index in [-0.39, 0.29) is 0 Å². The maximum Gasteiger partial charge on any atom is 0.0386 e. The summed E-state index contributed by atoms with van der Waals surface area (Å²) >= 11 is 2.37. The lowest BCUT2D eigenvalue weighted by atomic mass is 10.2. The fourth-order valence-corrected chi connectivity index (χ4v) is 2.41. The van der Waals surface area contributed by atoms with Crippen LogP contribution in [0.15, 0.2) is 24.3 Å². The highest BCUT2D eigenvalue weighted by molar-refractivity contribution is 14.1. The Balaban J connectivity index is 2.20. The number of hydrogen-bond donors (Lipinski definition) is 1. The maximum atomic E-state index is 3.41. The number of rotatable bonds is 1. The molecule has 0 saturated carbocycles. The largest absolute Gasteiger partial charge is 0.366 e. The van der Waals surface area contributed by atoms with Gasteiger partial charge in [0.05, 0.1) is 0 Å².